The Morgan fingerprint density at radius 1 is 1.12 bits per heavy atom. The van der Waals surface area contributed by atoms with Crippen molar-refractivity contribution < 1.29 is 14.3 Å². The van der Waals surface area contributed by atoms with Gasteiger partial charge in [0.2, 0.25) is 5.91 Å². The van der Waals surface area contributed by atoms with E-state index in [9.17, 15) is 4.79 Å². The maximum Gasteiger partial charge on any atom is 0.242 e. The number of para-hydroxylation sites is 1. The van der Waals surface area contributed by atoms with E-state index < -0.39 is 0 Å². The van der Waals surface area contributed by atoms with Gasteiger partial charge >= 0.3 is 0 Å². The molecule has 26 heavy (non-hydrogen) atoms. The summed E-state index contributed by atoms with van der Waals surface area (Å²) in [7, 11) is 3.25. The van der Waals surface area contributed by atoms with Crippen LogP contribution < -0.4 is 19.7 Å². The molecule has 138 valence electrons. The molecular weight excluding hydrogens is 328 g/mol. The Balaban J connectivity index is 1.55. The van der Waals surface area contributed by atoms with Crippen molar-refractivity contribution >= 4 is 11.6 Å². The Bertz CT molecular complexity index is 733. The first kappa shape index (κ1) is 18.1. The molecule has 1 aliphatic rings. The molecule has 1 aliphatic heterocycles. The summed E-state index contributed by atoms with van der Waals surface area (Å²) >= 11 is 0. The number of ether oxygens (including phenoxy) is 2. The first-order chi connectivity index (χ1) is 12.7. The highest BCUT2D eigenvalue weighted by Gasteiger charge is 2.30. The van der Waals surface area contributed by atoms with Crippen LogP contribution in [0.3, 0.4) is 0 Å². The maximum absolute atomic E-state index is 12.6. The molecule has 1 fully saturated rings. The van der Waals surface area contributed by atoms with Crippen LogP contribution in [0.5, 0.6) is 11.5 Å². The van der Waals surface area contributed by atoms with Crippen LogP contribution in [0, 0.1) is 0 Å². The van der Waals surface area contributed by atoms with Gasteiger partial charge in [-0.3, -0.25) is 4.79 Å². The van der Waals surface area contributed by atoms with Crippen LogP contribution in [-0.4, -0.2) is 39.3 Å². The molecular formula is C21H26N2O3. The van der Waals surface area contributed by atoms with Gasteiger partial charge in [-0.1, -0.05) is 24.3 Å². The molecule has 0 aliphatic carbocycles. The lowest BCUT2D eigenvalue weighted by Gasteiger charge is -2.26. The number of hydrogen-bond acceptors (Lipinski definition) is 4. The minimum Gasteiger partial charge on any atom is -0.493 e. The summed E-state index contributed by atoms with van der Waals surface area (Å²) in [4.78, 5) is 14.8. The third-order valence-corrected chi connectivity index (χ3v) is 4.80. The quantitative estimate of drug-likeness (QED) is 0.830. The number of carbonyl (C=O) groups is 1. The van der Waals surface area contributed by atoms with E-state index in [2.05, 4.69) is 22.3 Å². The van der Waals surface area contributed by atoms with Gasteiger partial charge in [-0.2, -0.15) is 0 Å². The molecule has 5 nitrogen and oxygen atoms in total. The zero-order valence-corrected chi connectivity index (χ0v) is 15.4. The first-order valence-electron chi connectivity index (χ1n) is 9.03. The fourth-order valence-electron chi connectivity index (χ4n) is 3.45. The van der Waals surface area contributed by atoms with E-state index in [4.69, 9.17) is 9.47 Å². The molecule has 5 heteroatoms. The third-order valence-electron chi connectivity index (χ3n) is 4.80. The van der Waals surface area contributed by atoms with E-state index in [0.717, 1.165) is 37.1 Å². The van der Waals surface area contributed by atoms with Crippen LogP contribution in [0.15, 0.2) is 48.5 Å². The van der Waals surface area contributed by atoms with Crippen molar-refractivity contribution in [3.8, 4) is 11.5 Å². The number of carbonyl (C=O) groups excluding carboxylic acids is 1. The van der Waals surface area contributed by atoms with E-state index in [1.807, 2.05) is 36.4 Å². The van der Waals surface area contributed by atoms with Crippen molar-refractivity contribution in [2.24, 2.45) is 0 Å². The zero-order valence-electron chi connectivity index (χ0n) is 15.4. The largest absolute Gasteiger partial charge is 0.493 e. The number of benzene rings is 2. The summed E-state index contributed by atoms with van der Waals surface area (Å²) in [5, 5.41) is 3.09. The molecule has 1 saturated heterocycles. The molecule has 0 spiro atoms. The Morgan fingerprint density at radius 3 is 2.62 bits per heavy atom. The topological polar surface area (TPSA) is 50.8 Å². The second-order valence-corrected chi connectivity index (χ2v) is 6.42. The summed E-state index contributed by atoms with van der Waals surface area (Å²) in [6.07, 6.45) is 2.70. The second kappa shape index (κ2) is 8.61. The molecule has 0 saturated carbocycles. The smallest absolute Gasteiger partial charge is 0.242 e. The minimum absolute atomic E-state index is 0.0807. The molecule has 2 aromatic rings. The number of rotatable bonds is 7. The minimum atomic E-state index is -0.0807. The van der Waals surface area contributed by atoms with E-state index in [1.54, 1.807) is 14.2 Å². The van der Waals surface area contributed by atoms with Crippen molar-refractivity contribution in [1.82, 2.24) is 5.32 Å². The van der Waals surface area contributed by atoms with Crippen molar-refractivity contribution in [3.05, 3.63) is 54.1 Å². The zero-order chi connectivity index (χ0) is 18.4. The average Bonchev–Trinajstić information content (AvgIpc) is 3.18. The molecule has 0 bridgehead atoms. The molecule has 1 heterocycles. The molecule has 1 amide bonds. The Morgan fingerprint density at radius 2 is 1.88 bits per heavy atom. The van der Waals surface area contributed by atoms with Crippen LogP contribution in [0.2, 0.25) is 0 Å². The summed E-state index contributed by atoms with van der Waals surface area (Å²) in [5.74, 6) is 1.53. The maximum atomic E-state index is 12.6. The average molecular weight is 354 g/mol. The van der Waals surface area contributed by atoms with Gasteiger partial charge in [0.25, 0.3) is 0 Å². The molecule has 3 rings (SSSR count). The second-order valence-electron chi connectivity index (χ2n) is 6.42. The van der Waals surface area contributed by atoms with Crippen LogP contribution in [-0.2, 0) is 11.2 Å². The number of amides is 1. The first-order valence-corrected chi connectivity index (χ1v) is 9.03. The van der Waals surface area contributed by atoms with Gasteiger partial charge in [-0.15, -0.1) is 0 Å². The lowest BCUT2D eigenvalue weighted by Crippen LogP contribution is -2.44. The fraction of sp³-hybridized carbons (Fsp3) is 0.381. The van der Waals surface area contributed by atoms with Crippen LogP contribution in [0.25, 0.3) is 0 Å². The highest BCUT2D eigenvalue weighted by atomic mass is 16.5. The van der Waals surface area contributed by atoms with Gasteiger partial charge in [-0.05, 0) is 49.1 Å². The monoisotopic (exact) mass is 354 g/mol. The van der Waals surface area contributed by atoms with Gasteiger partial charge in [-0.25, -0.2) is 0 Å². The number of nitrogens with one attached hydrogen (secondary N) is 1. The normalized spacial score (nSPS) is 16.4. The van der Waals surface area contributed by atoms with Gasteiger partial charge < -0.3 is 19.7 Å². The Labute approximate surface area is 154 Å². The van der Waals surface area contributed by atoms with E-state index in [0.29, 0.717) is 18.0 Å². The van der Waals surface area contributed by atoms with Gasteiger partial charge in [0.1, 0.15) is 6.04 Å². The fourth-order valence-corrected chi connectivity index (χ4v) is 3.45. The number of nitrogens with zero attached hydrogens (tertiary/aromatic N) is 1. The highest BCUT2D eigenvalue weighted by Crippen LogP contribution is 2.28. The van der Waals surface area contributed by atoms with E-state index in [1.165, 1.54) is 0 Å². The van der Waals surface area contributed by atoms with E-state index >= 15 is 0 Å². The number of methoxy groups -OCH3 is 2. The predicted octanol–water partition coefficient (Wildman–Crippen LogP) is 3.03. The Hall–Kier alpha value is -2.69. The molecule has 1 unspecified atom stereocenters. The van der Waals surface area contributed by atoms with Gasteiger partial charge in [0.05, 0.1) is 14.2 Å². The lowest BCUT2D eigenvalue weighted by molar-refractivity contribution is -0.122. The molecule has 2 aromatic carbocycles. The molecule has 1 N–H and O–H groups in total. The molecule has 1 atom stereocenters. The predicted molar refractivity (Wildman–Crippen MR) is 103 cm³/mol. The Kier molecular flexibility index (Phi) is 6.00. The standard InChI is InChI=1S/C21H26N2O3/c1-25-19-11-10-16(15-20(19)26-2)12-13-22-21(24)18-9-6-14-23(18)17-7-4-3-5-8-17/h3-5,7-8,10-11,15,18H,6,9,12-14H2,1-2H3,(H,22,24). The van der Waals surface area contributed by atoms with Crippen molar-refractivity contribution in [3.63, 3.8) is 0 Å². The van der Waals surface area contributed by atoms with Crippen LogP contribution in [0.4, 0.5) is 5.69 Å². The summed E-state index contributed by atoms with van der Waals surface area (Å²) in [6.45, 7) is 1.53. The summed E-state index contributed by atoms with van der Waals surface area (Å²) in [5.41, 5.74) is 2.22. The summed E-state index contributed by atoms with van der Waals surface area (Å²) < 4.78 is 10.6. The van der Waals surface area contributed by atoms with Crippen molar-refractivity contribution in [1.29, 1.82) is 0 Å². The van der Waals surface area contributed by atoms with E-state index in [-0.39, 0.29) is 11.9 Å². The number of hydrogen-bond donors (Lipinski definition) is 1. The number of anilines is 1. The molecule has 0 radical (unpaired) electrons. The van der Waals surface area contributed by atoms with Crippen molar-refractivity contribution in [2.45, 2.75) is 25.3 Å². The van der Waals surface area contributed by atoms with Crippen LogP contribution >= 0.6 is 0 Å². The van der Waals surface area contributed by atoms with Crippen molar-refractivity contribution in [2.75, 3.05) is 32.2 Å². The third kappa shape index (κ3) is 4.10. The molecule has 0 aromatic heterocycles. The highest BCUT2D eigenvalue weighted by molar-refractivity contribution is 5.85. The van der Waals surface area contributed by atoms with Gasteiger partial charge in [0, 0.05) is 18.8 Å². The van der Waals surface area contributed by atoms with Gasteiger partial charge in [0.15, 0.2) is 11.5 Å². The lowest BCUT2D eigenvalue weighted by atomic mass is 10.1. The SMILES string of the molecule is COc1ccc(CCNC(=O)C2CCCN2c2ccccc2)cc1OC. The van der Waals surface area contributed by atoms with Crippen LogP contribution in [0.1, 0.15) is 18.4 Å². The summed E-state index contributed by atoms with van der Waals surface area (Å²) in [6, 6.07) is 15.9.